The molecule has 0 radical (unpaired) electrons. The van der Waals surface area contributed by atoms with E-state index in [9.17, 15) is 9.59 Å². The predicted octanol–water partition coefficient (Wildman–Crippen LogP) is 0.369. The first-order valence-electron chi connectivity index (χ1n) is 4.89. The number of carbonyl (C=O) groups is 2. The first-order chi connectivity index (χ1) is 8.11. The van der Waals surface area contributed by atoms with Crippen molar-refractivity contribution in [3.63, 3.8) is 0 Å². The van der Waals surface area contributed by atoms with Crippen LogP contribution >= 0.6 is 0 Å². The van der Waals surface area contributed by atoms with Crippen LogP contribution in [0.15, 0.2) is 24.3 Å². The van der Waals surface area contributed by atoms with Gasteiger partial charge in [0.15, 0.2) is 6.10 Å². The summed E-state index contributed by atoms with van der Waals surface area (Å²) in [6, 6.07) is 8.37. The Kier molecular flexibility index (Phi) is 2.66. The summed E-state index contributed by atoms with van der Waals surface area (Å²) in [6.45, 7) is 0.0973. The van der Waals surface area contributed by atoms with E-state index < -0.39 is 18.1 Å². The molecule has 6 nitrogen and oxygen atoms in total. The zero-order valence-electron chi connectivity index (χ0n) is 8.79. The second-order valence-electron chi connectivity index (χ2n) is 3.54. The number of nitrogens with two attached hydrogens (primary N) is 1. The average molecular weight is 231 g/mol. The van der Waals surface area contributed by atoms with Crippen LogP contribution in [0, 0.1) is 11.3 Å². The minimum Gasteiger partial charge on any atom is -0.434 e. The molecule has 6 heteroatoms. The molecule has 17 heavy (non-hydrogen) atoms. The number of ether oxygens (including phenoxy) is 1. The highest BCUT2D eigenvalue weighted by atomic mass is 16.6. The zero-order valence-corrected chi connectivity index (χ0v) is 8.79. The third-order valence-electron chi connectivity index (χ3n) is 2.44. The molecule has 2 rings (SSSR count). The lowest BCUT2D eigenvalue weighted by atomic mass is 10.2. The number of carbonyl (C=O) groups excluding carboxylic acids is 2. The summed E-state index contributed by atoms with van der Waals surface area (Å²) in [5.74, 6) is -0.672. The standard InChI is InChI=1S/C11H9N3O3/c12-5-7-1-3-8(4-2-7)14-6-9(10(13)15)17-11(14)16/h1-4,9H,6H2,(H2,13,15)/t9-/m0/s1. The van der Waals surface area contributed by atoms with Crippen LogP contribution in [0.25, 0.3) is 0 Å². The second-order valence-corrected chi connectivity index (χ2v) is 3.54. The third-order valence-corrected chi connectivity index (χ3v) is 2.44. The van der Waals surface area contributed by atoms with Gasteiger partial charge in [0.2, 0.25) is 0 Å². The summed E-state index contributed by atoms with van der Waals surface area (Å²) in [5.41, 5.74) is 6.12. The van der Waals surface area contributed by atoms with Crippen LogP contribution in [0.3, 0.4) is 0 Å². The number of primary amides is 1. The summed E-state index contributed by atoms with van der Waals surface area (Å²) in [5, 5.41) is 8.64. The quantitative estimate of drug-likeness (QED) is 0.795. The molecule has 1 fully saturated rings. The van der Waals surface area contributed by atoms with E-state index in [1.165, 1.54) is 4.90 Å². The van der Waals surface area contributed by atoms with Crippen LogP contribution in [0.2, 0.25) is 0 Å². The number of anilines is 1. The summed E-state index contributed by atoms with van der Waals surface area (Å²) < 4.78 is 4.79. The molecule has 0 aromatic heterocycles. The van der Waals surface area contributed by atoms with Gasteiger partial charge in [-0.1, -0.05) is 0 Å². The van der Waals surface area contributed by atoms with Gasteiger partial charge in [-0.2, -0.15) is 5.26 Å². The number of hydrogen-bond donors (Lipinski definition) is 1. The number of benzene rings is 1. The number of nitriles is 1. The van der Waals surface area contributed by atoms with Crippen LogP contribution in [0.5, 0.6) is 0 Å². The maximum absolute atomic E-state index is 11.5. The first-order valence-corrected chi connectivity index (χ1v) is 4.89. The van der Waals surface area contributed by atoms with E-state index in [0.29, 0.717) is 11.3 Å². The van der Waals surface area contributed by atoms with Gasteiger partial charge in [0.25, 0.3) is 5.91 Å². The molecule has 86 valence electrons. The highest BCUT2D eigenvalue weighted by molar-refractivity contribution is 5.95. The van der Waals surface area contributed by atoms with Crippen LogP contribution < -0.4 is 10.6 Å². The number of hydrogen-bond acceptors (Lipinski definition) is 4. The second kappa shape index (κ2) is 4.14. The van der Waals surface area contributed by atoms with Crippen molar-refractivity contribution in [3.05, 3.63) is 29.8 Å². The van der Waals surface area contributed by atoms with Gasteiger partial charge < -0.3 is 10.5 Å². The van der Waals surface area contributed by atoms with Crippen molar-refractivity contribution in [3.8, 4) is 6.07 Å². The van der Waals surface area contributed by atoms with Gasteiger partial charge in [0, 0.05) is 5.69 Å². The Labute approximate surface area is 97.2 Å². The van der Waals surface area contributed by atoms with E-state index in [1.54, 1.807) is 24.3 Å². The van der Waals surface area contributed by atoms with Crippen LogP contribution in [-0.2, 0) is 9.53 Å². The normalized spacial score (nSPS) is 18.6. The molecule has 2 N–H and O–H groups in total. The third kappa shape index (κ3) is 2.03. The van der Waals surface area contributed by atoms with E-state index in [2.05, 4.69) is 0 Å². The molecule has 0 saturated carbocycles. The maximum Gasteiger partial charge on any atom is 0.415 e. The first kappa shape index (κ1) is 11.0. The summed E-state index contributed by atoms with van der Waals surface area (Å²) >= 11 is 0. The molecular formula is C11H9N3O3. The van der Waals surface area contributed by atoms with E-state index in [4.69, 9.17) is 15.7 Å². The molecule has 1 aliphatic heterocycles. The molecule has 1 aromatic rings. The largest absolute Gasteiger partial charge is 0.434 e. The van der Waals surface area contributed by atoms with E-state index in [0.717, 1.165) is 0 Å². The van der Waals surface area contributed by atoms with Gasteiger partial charge in [-0.25, -0.2) is 4.79 Å². The lowest BCUT2D eigenvalue weighted by Gasteiger charge is -2.12. The smallest absolute Gasteiger partial charge is 0.415 e. The highest BCUT2D eigenvalue weighted by Crippen LogP contribution is 2.21. The monoisotopic (exact) mass is 231 g/mol. The van der Waals surface area contributed by atoms with Gasteiger partial charge in [-0.3, -0.25) is 9.69 Å². The van der Waals surface area contributed by atoms with Crippen LogP contribution in [0.1, 0.15) is 5.56 Å². The predicted molar refractivity (Wildman–Crippen MR) is 58.0 cm³/mol. The van der Waals surface area contributed by atoms with Crippen LogP contribution in [-0.4, -0.2) is 24.6 Å². The Bertz CT molecular complexity index is 504. The molecule has 0 aliphatic carbocycles. The number of amides is 2. The van der Waals surface area contributed by atoms with Gasteiger partial charge in [0.05, 0.1) is 18.2 Å². The fraction of sp³-hybridized carbons (Fsp3) is 0.182. The molecule has 1 aliphatic rings. The van der Waals surface area contributed by atoms with Gasteiger partial charge in [0.1, 0.15) is 0 Å². The van der Waals surface area contributed by atoms with Gasteiger partial charge in [-0.05, 0) is 24.3 Å². The molecule has 1 saturated heterocycles. The molecule has 1 heterocycles. The molecule has 0 spiro atoms. The molecule has 1 aromatic carbocycles. The Morgan fingerprint density at radius 3 is 2.59 bits per heavy atom. The lowest BCUT2D eigenvalue weighted by molar-refractivity contribution is -0.124. The fourth-order valence-electron chi connectivity index (χ4n) is 1.54. The molecule has 2 amide bonds. The van der Waals surface area contributed by atoms with E-state index >= 15 is 0 Å². The number of cyclic esters (lactones) is 1. The summed E-state index contributed by atoms with van der Waals surface area (Å²) in [4.78, 5) is 23.7. The van der Waals surface area contributed by atoms with E-state index in [1.807, 2.05) is 6.07 Å². The van der Waals surface area contributed by atoms with Crippen molar-refractivity contribution in [2.75, 3.05) is 11.4 Å². The SMILES string of the molecule is N#Cc1ccc(N2C[C@@H](C(N)=O)OC2=O)cc1. The zero-order chi connectivity index (χ0) is 12.4. The van der Waals surface area contributed by atoms with Crippen LogP contribution in [0.4, 0.5) is 10.5 Å². The van der Waals surface area contributed by atoms with E-state index in [-0.39, 0.29) is 6.54 Å². The highest BCUT2D eigenvalue weighted by Gasteiger charge is 2.35. The minimum absolute atomic E-state index is 0.0973. The molecule has 1 atom stereocenters. The number of rotatable bonds is 2. The number of nitrogens with zero attached hydrogens (tertiary/aromatic N) is 2. The lowest BCUT2D eigenvalue weighted by Crippen LogP contribution is -2.32. The molecular weight excluding hydrogens is 222 g/mol. The molecule has 0 unspecified atom stereocenters. The van der Waals surface area contributed by atoms with Crippen molar-refractivity contribution < 1.29 is 14.3 Å². The summed E-state index contributed by atoms with van der Waals surface area (Å²) in [7, 11) is 0. The van der Waals surface area contributed by atoms with Gasteiger partial charge >= 0.3 is 6.09 Å². The van der Waals surface area contributed by atoms with Crippen molar-refractivity contribution >= 4 is 17.7 Å². The van der Waals surface area contributed by atoms with Gasteiger partial charge in [-0.15, -0.1) is 0 Å². The minimum atomic E-state index is -0.918. The molecule has 0 bridgehead atoms. The average Bonchev–Trinajstić information content (AvgIpc) is 2.72. The Morgan fingerprint density at radius 2 is 2.12 bits per heavy atom. The summed E-state index contributed by atoms with van der Waals surface area (Å²) in [6.07, 6.45) is -1.53. The Morgan fingerprint density at radius 1 is 1.47 bits per heavy atom. The Hall–Kier alpha value is -2.55. The van der Waals surface area contributed by atoms with Crippen molar-refractivity contribution in [2.24, 2.45) is 5.73 Å². The maximum atomic E-state index is 11.5. The topological polar surface area (TPSA) is 96.4 Å². The fourth-order valence-corrected chi connectivity index (χ4v) is 1.54. The van der Waals surface area contributed by atoms with Crippen molar-refractivity contribution in [1.29, 1.82) is 5.26 Å². The Balaban J connectivity index is 2.20. The van der Waals surface area contributed by atoms with Crippen molar-refractivity contribution in [2.45, 2.75) is 6.10 Å². The van der Waals surface area contributed by atoms with Crippen molar-refractivity contribution in [1.82, 2.24) is 0 Å².